The minimum atomic E-state index is -0.514. The van der Waals surface area contributed by atoms with Crippen LogP contribution in [0.1, 0.15) is 48.8 Å². The molecular weight excluding hydrogens is 402 g/mol. The molecule has 1 N–H and O–H groups in total. The molecule has 0 bridgehead atoms. The van der Waals surface area contributed by atoms with Gasteiger partial charge in [-0.1, -0.05) is 25.3 Å². The van der Waals surface area contributed by atoms with Crippen molar-refractivity contribution >= 4 is 0 Å². The quantitative estimate of drug-likeness (QED) is 0.601. The average Bonchev–Trinajstić information content (AvgIpc) is 2.76. The number of aliphatic hydroxyl groups is 1. The first kappa shape index (κ1) is 24.5. The number of β-amino-alcohol motifs (C(OH)–C–C–N with tert-alkyl or cyclic N) is 1. The summed E-state index contributed by atoms with van der Waals surface area (Å²) in [5.74, 6) is 1.38. The summed E-state index contributed by atoms with van der Waals surface area (Å²) in [6, 6.07) is 8.11. The lowest BCUT2D eigenvalue weighted by Crippen LogP contribution is -2.37. The Labute approximate surface area is 193 Å². The molecule has 1 aromatic carbocycles. The average molecular weight is 442 g/mol. The first-order valence-corrected chi connectivity index (χ1v) is 11.8. The van der Waals surface area contributed by atoms with E-state index in [1.165, 1.54) is 43.2 Å². The number of ether oxygens (including phenoxy) is 2. The van der Waals surface area contributed by atoms with Crippen LogP contribution in [0.4, 0.5) is 0 Å². The number of nitrogens with zero attached hydrogens (tertiary/aromatic N) is 3. The Morgan fingerprint density at radius 2 is 1.81 bits per heavy atom. The summed E-state index contributed by atoms with van der Waals surface area (Å²) in [6.07, 6.45) is 9.60. The molecule has 6 heteroatoms. The van der Waals surface area contributed by atoms with E-state index in [0.29, 0.717) is 18.0 Å². The molecule has 0 saturated carbocycles. The number of likely N-dealkylation sites (tertiary alicyclic amines) is 1. The van der Waals surface area contributed by atoms with Gasteiger partial charge in [-0.3, -0.25) is 9.88 Å². The van der Waals surface area contributed by atoms with Crippen LogP contribution in [0.5, 0.6) is 11.5 Å². The maximum absolute atomic E-state index is 10.6. The van der Waals surface area contributed by atoms with Gasteiger partial charge in [0, 0.05) is 32.0 Å². The summed E-state index contributed by atoms with van der Waals surface area (Å²) in [5.41, 5.74) is 3.63. The topological polar surface area (TPSA) is 58.1 Å². The van der Waals surface area contributed by atoms with E-state index in [0.717, 1.165) is 31.7 Å². The van der Waals surface area contributed by atoms with Crippen molar-refractivity contribution in [2.24, 2.45) is 0 Å². The summed E-state index contributed by atoms with van der Waals surface area (Å²) in [5, 5.41) is 10.6. The van der Waals surface area contributed by atoms with E-state index >= 15 is 0 Å². The third kappa shape index (κ3) is 7.76. The summed E-state index contributed by atoms with van der Waals surface area (Å²) in [7, 11) is 3.76. The summed E-state index contributed by atoms with van der Waals surface area (Å²) >= 11 is 0. The molecule has 0 amide bonds. The molecule has 1 aliphatic rings. The third-order valence-electron chi connectivity index (χ3n) is 6.11. The Hall–Kier alpha value is -2.15. The maximum Gasteiger partial charge on any atom is 0.161 e. The van der Waals surface area contributed by atoms with Gasteiger partial charge in [-0.2, -0.15) is 0 Å². The van der Waals surface area contributed by atoms with Gasteiger partial charge in [0.2, 0.25) is 0 Å². The molecule has 2 aromatic rings. The van der Waals surface area contributed by atoms with Crippen LogP contribution in [-0.4, -0.2) is 66.4 Å². The number of methoxy groups -OCH3 is 1. The van der Waals surface area contributed by atoms with Crippen LogP contribution >= 0.6 is 0 Å². The van der Waals surface area contributed by atoms with Gasteiger partial charge in [-0.25, -0.2) is 0 Å². The fraction of sp³-hybridized carbons (Fsp3) is 0.577. The minimum Gasteiger partial charge on any atom is -0.493 e. The van der Waals surface area contributed by atoms with Crippen molar-refractivity contribution in [1.29, 1.82) is 0 Å². The van der Waals surface area contributed by atoms with Crippen LogP contribution in [0.2, 0.25) is 0 Å². The van der Waals surface area contributed by atoms with E-state index in [9.17, 15) is 5.11 Å². The monoisotopic (exact) mass is 441 g/mol. The highest BCUT2D eigenvalue weighted by Gasteiger charge is 2.15. The summed E-state index contributed by atoms with van der Waals surface area (Å²) in [4.78, 5) is 8.82. The van der Waals surface area contributed by atoms with Crippen LogP contribution in [0.15, 0.2) is 36.7 Å². The third-order valence-corrected chi connectivity index (χ3v) is 6.11. The second-order valence-corrected chi connectivity index (χ2v) is 8.99. The smallest absolute Gasteiger partial charge is 0.161 e. The van der Waals surface area contributed by atoms with E-state index in [1.807, 2.05) is 24.5 Å². The number of benzene rings is 1. The van der Waals surface area contributed by atoms with E-state index in [4.69, 9.17) is 9.47 Å². The largest absolute Gasteiger partial charge is 0.493 e. The number of rotatable bonds is 10. The summed E-state index contributed by atoms with van der Waals surface area (Å²) in [6.45, 7) is 6.80. The molecule has 0 aliphatic carbocycles. The van der Waals surface area contributed by atoms with Crippen molar-refractivity contribution in [2.45, 2.75) is 58.2 Å². The summed E-state index contributed by atoms with van der Waals surface area (Å²) < 4.78 is 11.5. The van der Waals surface area contributed by atoms with Gasteiger partial charge in [0.25, 0.3) is 0 Å². The van der Waals surface area contributed by atoms with Crippen molar-refractivity contribution < 1.29 is 14.6 Å². The SMILES string of the molecule is COc1ccc(CN(C)Cc2ccncc2C)cc1OC[C@H](O)CN1CCCCCCC1. The highest BCUT2D eigenvalue weighted by molar-refractivity contribution is 5.43. The van der Waals surface area contributed by atoms with E-state index in [-0.39, 0.29) is 6.61 Å². The van der Waals surface area contributed by atoms with Gasteiger partial charge < -0.3 is 19.5 Å². The molecule has 176 valence electrons. The number of aryl methyl sites for hydroxylation is 1. The number of hydrogen-bond donors (Lipinski definition) is 1. The molecule has 0 radical (unpaired) electrons. The predicted molar refractivity (Wildman–Crippen MR) is 128 cm³/mol. The van der Waals surface area contributed by atoms with Crippen LogP contribution in [-0.2, 0) is 13.1 Å². The fourth-order valence-corrected chi connectivity index (χ4v) is 4.30. The molecule has 1 aromatic heterocycles. The molecule has 1 saturated heterocycles. The standard InChI is InChI=1S/C26H39N3O3/c1-21-16-27-12-11-23(21)18-28(2)17-22-9-10-25(31-3)26(15-22)32-20-24(30)19-29-13-7-5-4-6-8-14-29/h9-12,15-16,24,30H,4-8,13-14,17-20H2,1-3H3/t24-/m1/s1. The van der Waals surface area contributed by atoms with Gasteiger partial charge in [0.15, 0.2) is 11.5 Å². The van der Waals surface area contributed by atoms with Crippen molar-refractivity contribution in [1.82, 2.24) is 14.8 Å². The predicted octanol–water partition coefficient (Wildman–Crippen LogP) is 4.04. The van der Waals surface area contributed by atoms with Gasteiger partial charge in [0.1, 0.15) is 12.7 Å². The van der Waals surface area contributed by atoms with Gasteiger partial charge in [0.05, 0.1) is 7.11 Å². The minimum absolute atomic E-state index is 0.266. The van der Waals surface area contributed by atoms with Crippen molar-refractivity contribution in [2.75, 3.05) is 40.4 Å². The lowest BCUT2D eigenvalue weighted by molar-refractivity contribution is 0.0644. The molecule has 2 heterocycles. The highest BCUT2D eigenvalue weighted by Crippen LogP contribution is 2.29. The van der Waals surface area contributed by atoms with Gasteiger partial charge in [-0.05, 0) is 74.8 Å². The number of pyridine rings is 1. The van der Waals surface area contributed by atoms with Crippen LogP contribution < -0.4 is 9.47 Å². The van der Waals surface area contributed by atoms with Crippen LogP contribution in [0, 0.1) is 6.92 Å². The Morgan fingerprint density at radius 3 is 2.53 bits per heavy atom. The normalized spacial score (nSPS) is 16.4. The van der Waals surface area contributed by atoms with Gasteiger partial charge in [-0.15, -0.1) is 0 Å². The van der Waals surface area contributed by atoms with Crippen molar-refractivity contribution in [3.63, 3.8) is 0 Å². The van der Waals surface area contributed by atoms with E-state index < -0.39 is 6.10 Å². The zero-order valence-electron chi connectivity index (χ0n) is 19.9. The Bertz CT molecular complexity index is 822. The molecule has 0 unspecified atom stereocenters. The number of hydrogen-bond acceptors (Lipinski definition) is 6. The highest BCUT2D eigenvalue weighted by atomic mass is 16.5. The Kier molecular flexibility index (Phi) is 9.78. The Balaban J connectivity index is 1.55. The van der Waals surface area contributed by atoms with Crippen molar-refractivity contribution in [3.05, 3.63) is 53.3 Å². The molecule has 6 nitrogen and oxygen atoms in total. The molecule has 1 atom stereocenters. The molecule has 32 heavy (non-hydrogen) atoms. The van der Waals surface area contributed by atoms with Gasteiger partial charge >= 0.3 is 0 Å². The van der Waals surface area contributed by atoms with Crippen molar-refractivity contribution in [3.8, 4) is 11.5 Å². The van der Waals surface area contributed by atoms with Crippen LogP contribution in [0.3, 0.4) is 0 Å². The first-order valence-electron chi connectivity index (χ1n) is 11.8. The molecule has 1 fully saturated rings. The maximum atomic E-state index is 10.6. The lowest BCUT2D eigenvalue weighted by Gasteiger charge is -2.27. The second kappa shape index (κ2) is 12.8. The van der Waals surface area contributed by atoms with E-state index in [1.54, 1.807) is 7.11 Å². The zero-order valence-corrected chi connectivity index (χ0v) is 19.9. The van der Waals surface area contributed by atoms with Crippen LogP contribution in [0.25, 0.3) is 0 Å². The van der Waals surface area contributed by atoms with E-state index in [2.05, 4.69) is 40.9 Å². The zero-order chi connectivity index (χ0) is 22.8. The Morgan fingerprint density at radius 1 is 1.06 bits per heavy atom. The number of aromatic nitrogens is 1. The molecule has 3 rings (SSSR count). The first-order chi connectivity index (χ1) is 15.5. The molecular formula is C26H39N3O3. The second-order valence-electron chi connectivity index (χ2n) is 8.99. The molecule has 1 aliphatic heterocycles. The molecule has 0 spiro atoms. The lowest BCUT2D eigenvalue weighted by atomic mass is 10.1. The number of aliphatic hydroxyl groups excluding tert-OH is 1. The fourth-order valence-electron chi connectivity index (χ4n) is 4.30.